The molecule has 0 saturated carbocycles. The molecule has 0 fully saturated rings. The number of hydrogen-bond donors (Lipinski definition) is 3. The summed E-state index contributed by atoms with van der Waals surface area (Å²) in [5.74, 6) is -0.499. The molecule has 0 saturated heterocycles. The highest BCUT2D eigenvalue weighted by Crippen LogP contribution is 2.29. The van der Waals surface area contributed by atoms with E-state index in [9.17, 15) is 13.6 Å². The van der Waals surface area contributed by atoms with Gasteiger partial charge in [-0.3, -0.25) is 0 Å². The van der Waals surface area contributed by atoms with Gasteiger partial charge < -0.3 is 16.2 Å². The van der Waals surface area contributed by atoms with Gasteiger partial charge in [0.25, 0.3) is 0 Å². The first-order valence-electron chi connectivity index (χ1n) is 8.40. The standard InChI is InChI=1S/C15H14FNO2S.C6H6FNS/c1-19-15(18)12-5-3-2-4-10(12)9-20-14-7-6-11(16)8-13(14)17;7-4-1-2-6(9)5(8)3-4/h2-8H,9,17H2,1H3;1-3,9H,8H2. The molecule has 3 rings (SSSR count). The Morgan fingerprint density at radius 1 is 1.00 bits per heavy atom. The number of anilines is 2. The lowest BCUT2D eigenvalue weighted by Gasteiger charge is -2.09. The molecule has 4 nitrogen and oxygen atoms in total. The lowest BCUT2D eigenvalue weighted by atomic mass is 10.1. The molecule has 0 bridgehead atoms. The van der Waals surface area contributed by atoms with Crippen molar-refractivity contribution in [1.29, 1.82) is 0 Å². The molecule has 0 aliphatic heterocycles. The second-order valence-corrected chi connectivity index (χ2v) is 7.32. The molecule has 0 amide bonds. The summed E-state index contributed by atoms with van der Waals surface area (Å²) in [5.41, 5.74) is 13.2. The molecule has 0 radical (unpaired) electrons. The number of nitrogens with two attached hydrogens (primary N) is 2. The van der Waals surface area contributed by atoms with Crippen molar-refractivity contribution in [1.82, 2.24) is 0 Å². The zero-order chi connectivity index (χ0) is 21.4. The summed E-state index contributed by atoms with van der Waals surface area (Å²) in [6.07, 6.45) is 0. The first-order chi connectivity index (χ1) is 13.8. The fraction of sp³-hybridized carbons (Fsp3) is 0.0952. The highest BCUT2D eigenvalue weighted by Gasteiger charge is 2.11. The molecule has 0 aliphatic carbocycles. The molecule has 29 heavy (non-hydrogen) atoms. The Kier molecular flexibility index (Phi) is 8.35. The van der Waals surface area contributed by atoms with E-state index in [1.54, 1.807) is 18.2 Å². The van der Waals surface area contributed by atoms with Gasteiger partial charge in [-0.1, -0.05) is 18.2 Å². The molecule has 8 heteroatoms. The van der Waals surface area contributed by atoms with Crippen LogP contribution in [0.3, 0.4) is 0 Å². The third-order valence-electron chi connectivity index (χ3n) is 3.77. The van der Waals surface area contributed by atoms with Gasteiger partial charge in [0, 0.05) is 26.9 Å². The Labute approximate surface area is 177 Å². The van der Waals surface area contributed by atoms with Gasteiger partial charge in [0.1, 0.15) is 11.6 Å². The Balaban J connectivity index is 0.000000278. The smallest absolute Gasteiger partial charge is 0.338 e. The summed E-state index contributed by atoms with van der Waals surface area (Å²) >= 11 is 5.40. The molecule has 0 aliphatic rings. The van der Waals surface area contributed by atoms with E-state index in [0.29, 0.717) is 27.6 Å². The number of thiol groups is 1. The van der Waals surface area contributed by atoms with Crippen LogP contribution in [0.25, 0.3) is 0 Å². The van der Waals surface area contributed by atoms with Crippen LogP contribution in [0.2, 0.25) is 0 Å². The van der Waals surface area contributed by atoms with Crippen molar-refractivity contribution in [3.8, 4) is 0 Å². The van der Waals surface area contributed by atoms with E-state index < -0.39 is 0 Å². The molecular formula is C21H20F2N2O2S2. The average molecular weight is 435 g/mol. The predicted molar refractivity (Wildman–Crippen MR) is 116 cm³/mol. The summed E-state index contributed by atoms with van der Waals surface area (Å²) in [7, 11) is 1.35. The normalized spacial score (nSPS) is 10.1. The number of thioether (sulfide) groups is 1. The van der Waals surface area contributed by atoms with E-state index in [-0.39, 0.29) is 17.6 Å². The highest BCUT2D eigenvalue weighted by atomic mass is 32.2. The van der Waals surface area contributed by atoms with Crippen molar-refractivity contribution < 1.29 is 18.3 Å². The zero-order valence-electron chi connectivity index (χ0n) is 15.6. The van der Waals surface area contributed by atoms with Gasteiger partial charge >= 0.3 is 5.97 Å². The molecule has 3 aromatic rings. The number of rotatable bonds is 4. The van der Waals surface area contributed by atoms with Crippen molar-refractivity contribution in [2.45, 2.75) is 15.5 Å². The SMILES string of the molecule is COC(=O)c1ccccc1CSc1ccc(F)cc1N.Nc1cc(F)ccc1S. The fourth-order valence-electron chi connectivity index (χ4n) is 2.29. The Bertz CT molecular complexity index is 1000. The number of hydrogen-bond acceptors (Lipinski definition) is 6. The van der Waals surface area contributed by atoms with Crippen LogP contribution in [0, 0.1) is 11.6 Å². The molecule has 0 aromatic heterocycles. The minimum atomic E-state index is -0.367. The van der Waals surface area contributed by atoms with E-state index in [0.717, 1.165) is 10.5 Å². The summed E-state index contributed by atoms with van der Waals surface area (Å²) in [6, 6.07) is 15.6. The predicted octanol–water partition coefficient (Wildman–Crippen LogP) is 5.18. The molecule has 0 atom stereocenters. The molecule has 152 valence electrons. The average Bonchev–Trinajstić information content (AvgIpc) is 2.70. The number of halogens is 2. The van der Waals surface area contributed by atoms with Gasteiger partial charge in [-0.25, -0.2) is 13.6 Å². The Morgan fingerprint density at radius 2 is 1.62 bits per heavy atom. The van der Waals surface area contributed by atoms with Crippen LogP contribution >= 0.6 is 24.4 Å². The molecular weight excluding hydrogens is 414 g/mol. The van der Waals surface area contributed by atoms with Crippen LogP contribution in [-0.2, 0) is 10.5 Å². The lowest BCUT2D eigenvalue weighted by molar-refractivity contribution is 0.0600. The van der Waals surface area contributed by atoms with Crippen LogP contribution in [0.4, 0.5) is 20.2 Å². The fourth-order valence-corrected chi connectivity index (χ4v) is 3.38. The Morgan fingerprint density at radius 3 is 2.21 bits per heavy atom. The van der Waals surface area contributed by atoms with E-state index in [4.69, 9.17) is 16.2 Å². The number of esters is 1. The maximum Gasteiger partial charge on any atom is 0.338 e. The van der Waals surface area contributed by atoms with Crippen molar-refractivity contribution >= 4 is 41.7 Å². The summed E-state index contributed by atoms with van der Waals surface area (Å²) in [6.45, 7) is 0. The molecule has 0 heterocycles. The second-order valence-electron chi connectivity index (χ2n) is 5.82. The van der Waals surface area contributed by atoms with Gasteiger partial charge in [0.15, 0.2) is 0 Å². The first kappa shape index (κ1) is 22.6. The third kappa shape index (κ3) is 6.69. The van der Waals surface area contributed by atoms with Gasteiger partial charge in [0.2, 0.25) is 0 Å². The third-order valence-corrected chi connectivity index (χ3v) is 5.31. The van der Waals surface area contributed by atoms with Gasteiger partial charge in [0.05, 0.1) is 12.7 Å². The number of benzene rings is 3. The largest absolute Gasteiger partial charge is 0.465 e. The van der Waals surface area contributed by atoms with Crippen LogP contribution in [0.15, 0.2) is 70.5 Å². The van der Waals surface area contributed by atoms with E-state index in [1.165, 1.54) is 49.2 Å². The van der Waals surface area contributed by atoms with Crippen LogP contribution in [0.1, 0.15) is 15.9 Å². The van der Waals surface area contributed by atoms with Crippen molar-refractivity contribution in [3.05, 3.63) is 83.4 Å². The highest BCUT2D eigenvalue weighted by molar-refractivity contribution is 7.98. The van der Waals surface area contributed by atoms with E-state index in [2.05, 4.69) is 12.6 Å². The lowest BCUT2D eigenvalue weighted by Crippen LogP contribution is -2.04. The van der Waals surface area contributed by atoms with Crippen molar-refractivity contribution in [2.75, 3.05) is 18.6 Å². The topological polar surface area (TPSA) is 78.3 Å². The zero-order valence-corrected chi connectivity index (χ0v) is 17.3. The number of methoxy groups -OCH3 is 1. The first-order valence-corrected chi connectivity index (χ1v) is 9.83. The summed E-state index contributed by atoms with van der Waals surface area (Å²) in [4.78, 5) is 13.0. The minimum absolute atomic E-state index is 0.328. The van der Waals surface area contributed by atoms with Crippen LogP contribution in [0.5, 0.6) is 0 Å². The van der Waals surface area contributed by atoms with Crippen molar-refractivity contribution in [2.24, 2.45) is 0 Å². The van der Waals surface area contributed by atoms with E-state index in [1.807, 2.05) is 12.1 Å². The van der Waals surface area contributed by atoms with Crippen molar-refractivity contribution in [3.63, 3.8) is 0 Å². The van der Waals surface area contributed by atoms with E-state index >= 15 is 0 Å². The number of ether oxygens (including phenoxy) is 1. The van der Waals surface area contributed by atoms with Gasteiger partial charge in [-0.2, -0.15) is 0 Å². The monoisotopic (exact) mass is 434 g/mol. The minimum Gasteiger partial charge on any atom is -0.465 e. The Hall–Kier alpha value is -2.71. The number of carbonyl (C=O) groups is 1. The van der Waals surface area contributed by atoms with Gasteiger partial charge in [-0.15, -0.1) is 24.4 Å². The number of carbonyl (C=O) groups excluding carboxylic acids is 1. The summed E-state index contributed by atoms with van der Waals surface area (Å²) < 4.78 is 30.0. The maximum absolute atomic E-state index is 13.0. The molecule has 0 spiro atoms. The molecule has 0 unspecified atom stereocenters. The quantitative estimate of drug-likeness (QED) is 0.228. The molecule has 3 aromatic carbocycles. The number of nitrogen functional groups attached to an aromatic ring is 2. The second kappa shape index (κ2) is 10.7. The maximum atomic E-state index is 13.0. The van der Waals surface area contributed by atoms with Crippen LogP contribution in [-0.4, -0.2) is 13.1 Å². The van der Waals surface area contributed by atoms with Crippen LogP contribution < -0.4 is 11.5 Å². The molecule has 4 N–H and O–H groups in total. The van der Waals surface area contributed by atoms with Gasteiger partial charge in [-0.05, 0) is 48.0 Å². The summed E-state index contributed by atoms with van der Waals surface area (Å²) in [5, 5.41) is 0.